The second-order valence-electron chi connectivity index (χ2n) is 6.13. The van der Waals surface area contributed by atoms with Crippen molar-refractivity contribution in [2.75, 3.05) is 13.2 Å². The molecule has 2 aromatic rings. The fourth-order valence-corrected chi connectivity index (χ4v) is 2.96. The molecule has 5 heteroatoms. The molecule has 0 aliphatic carbocycles. The Morgan fingerprint density at radius 3 is 2.75 bits per heavy atom. The number of rotatable bonds is 7. The van der Waals surface area contributed by atoms with Crippen LogP contribution in [0.1, 0.15) is 30.4 Å². The highest BCUT2D eigenvalue weighted by molar-refractivity contribution is 5.76. The molecule has 3 heterocycles. The zero-order chi connectivity index (χ0) is 16.6. The maximum atomic E-state index is 12.7. The SMILES string of the molecule is O=C(CCc1ccncc1)N(Cc1cccnc1)CC1CCCO1. The average molecular weight is 325 g/mol. The summed E-state index contributed by atoms with van der Waals surface area (Å²) in [5.74, 6) is 0.158. The molecule has 0 aromatic carbocycles. The van der Waals surface area contributed by atoms with Crippen molar-refractivity contribution in [1.82, 2.24) is 14.9 Å². The highest BCUT2D eigenvalue weighted by Crippen LogP contribution is 2.16. The van der Waals surface area contributed by atoms with Crippen molar-refractivity contribution in [3.63, 3.8) is 0 Å². The van der Waals surface area contributed by atoms with Crippen LogP contribution < -0.4 is 0 Å². The van der Waals surface area contributed by atoms with Crippen LogP contribution in [0.4, 0.5) is 0 Å². The predicted molar refractivity (Wildman–Crippen MR) is 91.2 cm³/mol. The minimum absolute atomic E-state index is 0.158. The molecule has 0 N–H and O–H groups in total. The predicted octanol–water partition coefficient (Wildman–Crippen LogP) is 2.62. The van der Waals surface area contributed by atoms with Gasteiger partial charge in [0.15, 0.2) is 0 Å². The van der Waals surface area contributed by atoms with Gasteiger partial charge in [0, 0.05) is 50.9 Å². The van der Waals surface area contributed by atoms with Crippen LogP contribution in [0.5, 0.6) is 0 Å². The summed E-state index contributed by atoms with van der Waals surface area (Å²) in [5, 5.41) is 0. The lowest BCUT2D eigenvalue weighted by atomic mass is 10.1. The quantitative estimate of drug-likeness (QED) is 0.785. The summed E-state index contributed by atoms with van der Waals surface area (Å²) in [4.78, 5) is 22.8. The maximum absolute atomic E-state index is 12.7. The number of nitrogens with zero attached hydrogens (tertiary/aromatic N) is 3. The van der Waals surface area contributed by atoms with Gasteiger partial charge in [-0.25, -0.2) is 0 Å². The molecule has 5 nitrogen and oxygen atoms in total. The van der Waals surface area contributed by atoms with Crippen molar-refractivity contribution in [2.45, 2.75) is 38.3 Å². The van der Waals surface area contributed by atoms with E-state index < -0.39 is 0 Å². The Hall–Kier alpha value is -2.27. The number of amides is 1. The van der Waals surface area contributed by atoms with Gasteiger partial charge in [-0.2, -0.15) is 0 Å². The van der Waals surface area contributed by atoms with E-state index in [1.807, 2.05) is 35.4 Å². The van der Waals surface area contributed by atoms with E-state index in [0.717, 1.165) is 37.0 Å². The number of aromatic nitrogens is 2. The summed E-state index contributed by atoms with van der Waals surface area (Å²) in [7, 11) is 0. The summed E-state index contributed by atoms with van der Waals surface area (Å²) < 4.78 is 5.72. The summed E-state index contributed by atoms with van der Waals surface area (Å²) in [6, 6.07) is 7.82. The Kier molecular flexibility index (Phi) is 5.90. The molecule has 1 amide bonds. The molecule has 1 aliphatic rings. The minimum atomic E-state index is 0.158. The van der Waals surface area contributed by atoms with E-state index in [4.69, 9.17) is 4.74 Å². The van der Waals surface area contributed by atoms with E-state index in [1.165, 1.54) is 0 Å². The maximum Gasteiger partial charge on any atom is 0.223 e. The van der Waals surface area contributed by atoms with Crippen LogP contribution in [0.3, 0.4) is 0 Å². The van der Waals surface area contributed by atoms with Gasteiger partial charge in [0.2, 0.25) is 5.91 Å². The second kappa shape index (κ2) is 8.55. The van der Waals surface area contributed by atoms with Crippen molar-refractivity contribution in [3.05, 3.63) is 60.2 Å². The monoisotopic (exact) mass is 325 g/mol. The fourth-order valence-electron chi connectivity index (χ4n) is 2.96. The Balaban J connectivity index is 1.62. The van der Waals surface area contributed by atoms with Crippen LogP contribution in [0.25, 0.3) is 0 Å². The van der Waals surface area contributed by atoms with Gasteiger partial charge >= 0.3 is 0 Å². The molecule has 1 fully saturated rings. The van der Waals surface area contributed by atoms with E-state index in [9.17, 15) is 4.79 Å². The topological polar surface area (TPSA) is 55.3 Å². The first kappa shape index (κ1) is 16.6. The standard InChI is InChI=1S/C19H23N3O2/c23-19(6-5-16-7-10-20-11-8-16)22(15-18-4-2-12-24-18)14-17-3-1-9-21-13-17/h1,3,7-11,13,18H,2,4-6,12,14-15H2. The van der Waals surface area contributed by atoms with Gasteiger partial charge in [0.1, 0.15) is 0 Å². The molecule has 0 spiro atoms. The number of aryl methyl sites for hydroxylation is 1. The van der Waals surface area contributed by atoms with E-state index in [1.54, 1.807) is 18.6 Å². The summed E-state index contributed by atoms with van der Waals surface area (Å²) in [5.41, 5.74) is 2.18. The van der Waals surface area contributed by atoms with Crippen LogP contribution in [0, 0.1) is 0 Å². The lowest BCUT2D eigenvalue weighted by Gasteiger charge is -2.25. The molecule has 126 valence electrons. The van der Waals surface area contributed by atoms with Gasteiger partial charge in [0.05, 0.1) is 6.10 Å². The first-order chi connectivity index (χ1) is 11.8. The zero-order valence-corrected chi connectivity index (χ0v) is 13.8. The first-order valence-electron chi connectivity index (χ1n) is 8.48. The van der Waals surface area contributed by atoms with Crippen molar-refractivity contribution < 1.29 is 9.53 Å². The molecule has 3 rings (SSSR count). The summed E-state index contributed by atoms with van der Waals surface area (Å²) in [6.45, 7) is 2.05. The van der Waals surface area contributed by atoms with Crippen molar-refractivity contribution in [3.8, 4) is 0 Å². The second-order valence-corrected chi connectivity index (χ2v) is 6.13. The van der Waals surface area contributed by atoms with Crippen molar-refractivity contribution in [1.29, 1.82) is 0 Å². The molecule has 0 saturated carbocycles. The van der Waals surface area contributed by atoms with Crippen LogP contribution in [-0.4, -0.2) is 40.0 Å². The first-order valence-corrected chi connectivity index (χ1v) is 8.48. The number of hydrogen-bond donors (Lipinski definition) is 0. The largest absolute Gasteiger partial charge is 0.376 e. The number of pyridine rings is 2. The Morgan fingerprint density at radius 1 is 1.17 bits per heavy atom. The molecular weight excluding hydrogens is 302 g/mol. The highest BCUT2D eigenvalue weighted by atomic mass is 16.5. The molecule has 1 unspecified atom stereocenters. The smallest absolute Gasteiger partial charge is 0.223 e. The van der Waals surface area contributed by atoms with Crippen molar-refractivity contribution in [2.24, 2.45) is 0 Å². The van der Waals surface area contributed by atoms with Crippen LogP contribution in [0.2, 0.25) is 0 Å². The molecule has 2 aromatic heterocycles. The molecule has 24 heavy (non-hydrogen) atoms. The van der Waals surface area contributed by atoms with E-state index in [-0.39, 0.29) is 12.0 Å². The van der Waals surface area contributed by atoms with Gasteiger partial charge in [-0.15, -0.1) is 0 Å². The van der Waals surface area contributed by atoms with Gasteiger partial charge in [-0.3, -0.25) is 14.8 Å². The Morgan fingerprint density at radius 2 is 2.04 bits per heavy atom. The average Bonchev–Trinajstić information content (AvgIpc) is 3.14. The van der Waals surface area contributed by atoms with Gasteiger partial charge < -0.3 is 9.64 Å². The van der Waals surface area contributed by atoms with E-state index >= 15 is 0 Å². The minimum Gasteiger partial charge on any atom is -0.376 e. The molecular formula is C19H23N3O2. The molecule has 1 saturated heterocycles. The lowest BCUT2D eigenvalue weighted by Crippen LogP contribution is -2.37. The third-order valence-electron chi connectivity index (χ3n) is 4.27. The molecule has 0 bridgehead atoms. The Labute approximate surface area is 142 Å². The molecule has 0 radical (unpaired) electrons. The third kappa shape index (κ3) is 4.86. The molecule has 1 atom stereocenters. The van der Waals surface area contributed by atoms with E-state index in [0.29, 0.717) is 19.5 Å². The van der Waals surface area contributed by atoms with Crippen molar-refractivity contribution >= 4 is 5.91 Å². The fraction of sp³-hybridized carbons (Fsp3) is 0.421. The summed E-state index contributed by atoms with van der Waals surface area (Å²) >= 11 is 0. The van der Waals surface area contributed by atoms with Crippen LogP contribution in [-0.2, 0) is 22.5 Å². The third-order valence-corrected chi connectivity index (χ3v) is 4.27. The van der Waals surface area contributed by atoms with Crippen LogP contribution >= 0.6 is 0 Å². The van der Waals surface area contributed by atoms with Crippen LogP contribution in [0.15, 0.2) is 49.1 Å². The normalized spacial score (nSPS) is 16.9. The summed E-state index contributed by atoms with van der Waals surface area (Å²) in [6.07, 6.45) is 10.6. The zero-order valence-electron chi connectivity index (χ0n) is 13.8. The van der Waals surface area contributed by atoms with E-state index in [2.05, 4.69) is 9.97 Å². The highest BCUT2D eigenvalue weighted by Gasteiger charge is 2.22. The number of hydrogen-bond acceptors (Lipinski definition) is 4. The number of carbonyl (C=O) groups is 1. The number of ether oxygens (including phenoxy) is 1. The van der Waals surface area contributed by atoms with Gasteiger partial charge in [0.25, 0.3) is 0 Å². The van der Waals surface area contributed by atoms with Gasteiger partial charge in [-0.05, 0) is 48.6 Å². The van der Waals surface area contributed by atoms with Gasteiger partial charge in [-0.1, -0.05) is 6.07 Å². The Bertz CT molecular complexity index is 628. The molecule has 1 aliphatic heterocycles. The number of carbonyl (C=O) groups excluding carboxylic acids is 1. The lowest BCUT2D eigenvalue weighted by molar-refractivity contribution is -0.133.